The molecule has 3 rings (SSSR count). The molecule has 1 N–H and O–H groups in total. The van der Waals surface area contributed by atoms with Gasteiger partial charge >= 0.3 is 0 Å². The largest absolute Gasteiger partial charge is 0.495 e. The third-order valence-electron chi connectivity index (χ3n) is 4.39. The van der Waals surface area contributed by atoms with Gasteiger partial charge in [0.05, 0.1) is 32.0 Å². The minimum absolute atomic E-state index is 0.0307. The molecule has 0 saturated heterocycles. The molecule has 0 aliphatic rings. The molecule has 0 heterocycles. The highest BCUT2D eigenvalue weighted by Crippen LogP contribution is 2.27. The van der Waals surface area contributed by atoms with Crippen molar-refractivity contribution in [2.75, 3.05) is 14.2 Å². The van der Waals surface area contributed by atoms with Crippen LogP contribution in [0.4, 0.5) is 0 Å². The second kappa shape index (κ2) is 9.90. The molecule has 3 heteroatoms. The van der Waals surface area contributed by atoms with Crippen LogP contribution in [0, 0.1) is 36.0 Å². The van der Waals surface area contributed by atoms with Crippen LogP contribution in [0.25, 0.3) is 0 Å². The predicted molar refractivity (Wildman–Crippen MR) is 118 cm³/mol. The average Bonchev–Trinajstić information content (AvgIpc) is 2.81. The van der Waals surface area contributed by atoms with Gasteiger partial charge in [-0.15, -0.1) is 6.42 Å². The minimum atomic E-state index is 0.0307. The van der Waals surface area contributed by atoms with Crippen LogP contribution >= 0.6 is 0 Å². The number of aliphatic hydroxyl groups is 1. The maximum Gasteiger partial charge on any atom is 0.136 e. The van der Waals surface area contributed by atoms with E-state index >= 15 is 0 Å². The summed E-state index contributed by atoms with van der Waals surface area (Å²) in [6.07, 6.45) is 5.51. The smallest absolute Gasteiger partial charge is 0.136 e. The Bertz CT molecular complexity index is 1190. The number of aliphatic hydroxyl groups excluding tert-OH is 1. The lowest BCUT2D eigenvalue weighted by Crippen LogP contribution is -1.94. The van der Waals surface area contributed by atoms with Gasteiger partial charge in [-0.1, -0.05) is 41.7 Å². The van der Waals surface area contributed by atoms with Crippen LogP contribution in [-0.4, -0.2) is 19.3 Å². The molecule has 0 atom stereocenters. The molecule has 0 radical (unpaired) electrons. The highest BCUT2D eigenvalue weighted by Gasteiger charge is 2.08. The van der Waals surface area contributed by atoms with Crippen molar-refractivity contribution in [3.63, 3.8) is 0 Å². The number of hydrogen-bond acceptors (Lipinski definition) is 3. The highest BCUT2D eigenvalue weighted by atomic mass is 16.5. The van der Waals surface area contributed by atoms with Crippen molar-refractivity contribution in [2.45, 2.75) is 6.61 Å². The number of ether oxygens (including phenoxy) is 2. The fraction of sp³-hybridized carbons (Fsp3) is 0.111. The van der Waals surface area contributed by atoms with Gasteiger partial charge in [-0.2, -0.15) is 0 Å². The molecule has 0 fully saturated rings. The van der Waals surface area contributed by atoms with Crippen molar-refractivity contribution < 1.29 is 14.6 Å². The van der Waals surface area contributed by atoms with Gasteiger partial charge in [-0.05, 0) is 42.0 Å². The van der Waals surface area contributed by atoms with Gasteiger partial charge < -0.3 is 14.6 Å². The molecule has 0 bridgehead atoms. The first-order valence-corrected chi connectivity index (χ1v) is 9.23. The van der Waals surface area contributed by atoms with Crippen LogP contribution in [0.5, 0.6) is 11.5 Å². The second-order valence-electron chi connectivity index (χ2n) is 6.33. The Morgan fingerprint density at radius 2 is 1.13 bits per heavy atom. The van der Waals surface area contributed by atoms with Gasteiger partial charge in [0, 0.05) is 28.8 Å². The van der Waals surface area contributed by atoms with Crippen molar-refractivity contribution in [3.05, 3.63) is 94.0 Å². The molecule has 30 heavy (non-hydrogen) atoms. The summed E-state index contributed by atoms with van der Waals surface area (Å²) in [6.45, 7) is 0.0307. The van der Waals surface area contributed by atoms with Gasteiger partial charge in [0.25, 0.3) is 0 Å². The normalized spacial score (nSPS) is 9.40. The number of methoxy groups -OCH3 is 2. The molecule has 3 aromatic carbocycles. The van der Waals surface area contributed by atoms with Crippen molar-refractivity contribution in [1.29, 1.82) is 0 Å². The standard InChI is InChI=1S/C27H20O3/c1-4-24-17-27(30-3)25(18-26(24)29-2)16-15-22-9-7-20(8-10-22)5-6-21-11-13-23(19-28)14-12-21/h1,7-14,17-18,28H,19H2,2-3H3. The van der Waals surface area contributed by atoms with Crippen molar-refractivity contribution >= 4 is 0 Å². The first kappa shape index (κ1) is 20.6. The lowest BCUT2D eigenvalue weighted by Gasteiger charge is -2.08. The van der Waals surface area contributed by atoms with E-state index in [1.165, 1.54) is 0 Å². The second-order valence-corrected chi connectivity index (χ2v) is 6.33. The van der Waals surface area contributed by atoms with Gasteiger partial charge in [-0.3, -0.25) is 0 Å². The maximum atomic E-state index is 9.09. The Kier molecular flexibility index (Phi) is 6.81. The predicted octanol–water partition coefficient (Wildman–Crippen LogP) is 3.98. The first-order chi connectivity index (χ1) is 14.7. The number of terminal acetylenes is 1. The van der Waals surface area contributed by atoms with Crippen molar-refractivity contribution in [2.24, 2.45) is 0 Å². The monoisotopic (exact) mass is 392 g/mol. The fourth-order valence-corrected chi connectivity index (χ4v) is 2.72. The van der Waals surface area contributed by atoms with E-state index in [4.69, 9.17) is 21.0 Å². The Hall–Kier alpha value is -4.10. The molecule has 0 aliphatic carbocycles. The highest BCUT2D eigenvalue weighted by molar-refractivity contribution is 5.59. The summed E-state index contributed by atoms with van der Waals surface area (Å²) >= 11 is 0. The Morgan fingerprint density at radius 3 is 1.60 bits per heavy atom. The van der Waals surface area contributed by atoms with E-state index in [1.54, 1.807) is 26.4 Å². The number of hydrogen-bond donors (Lipinski definition) is 1. The summed E-state index contributed by atoms with van der Waals surface area (Å²) in [4.78, 5) is 0. The molecule has 3 nitrogen and oxygen atoms in total. The quantitative estimate of drug-likeness (QED) is 0.686. The van der Waals surface area contributed by atoms with Crippen molar-refractivity contribution in [1.82, 2.24) is 0 Å². The summed E-state index contributed by atoms with van der Waals surface area (Å²) in [5.41, 5.74) is 4.83. The van der Waals surface area contributed by atoms with Gasteiger partial charge in [0.2, 0.25) is 0 Å². The topological polar surface area (TPSA) is 38.7 Å². The number of benzene rings is 3. The zero-order chi connectivity index (χ0) is 21.3. The third kappa shape index (κ3) is 5.03. The van der Waals surface area contributed by atoms with E-state index < -0.39 is 0 Å². The van der Waals surface area contributed by atoms with Gasteiger partial charge in [-0.25, -0.2) is 0 Å². The molecule has 0 aliphatic heterocycles. The molecular formula is C27H20O3. The van der Waals surface area contributed by atoms with E-state index in [9.17, 15) is 0 Å². The Labute approximate surface area is 177 Å². The zero-order valence-corrected chi connectivity index (χ0v) is 16.8. The molecule has 0 unspecified atom stereocenters. The Balaban J connectivity index is 1.80. The van der Waals surface area contributed by atoms with Gasteiger partial charge in [0.1, 0.15) is 11.5 Å². The van der Waals surface area contributed by atoms with Crippen molar-refractivity contribution in [3.8, 4) is 47.5 Å². The van der Waals surface area contributed by atoms with Crippen LogP contribution in [0.3, 0.4) is 0 Å². The maximum absolute atomic E-state index is 9.09. The fourth-order valence-electron chi connectivity index (χ4n) is 2.72. The summed E-state index contributed by atoms with van der Waals surface area (Å²) in [7, 11) is 3.15. The van der Waals surface area contributed by atoms with Crippen LogP contribution in [0.15, 0.2) is 60.7 Å². The van der Waals surface area contributed by atoms with E-state index in [0.29, 0.717) is 22.6 Å². The third-order valence-corrected chi connectivity index (χ3v) is 4.39. The van der Waals surface area contributed by atoms with Crippen LogP contribution in [-0.2, 0) is 6.61 Å². The van der Waals surface area contributed by atoms with E-state index in [-0.39, 0.29) is 6.61 Å². The molecule has 0 amide bonds. The van der Waals surface area contributed by atoms with Crippen LogP contribution in [0.2, 0.25) is 0 Å². The zero-order valence-electron chi connectivity index (χ0n) is 16.8. The SMILES string of the molecule is C#Cc1cc(OC)c(C#Cc2ccc(C#Cc3ccc(CO)cc3)cc2)cc1OC. The number of rotatable bonds is 3. The Morgan fingerprint density at radius 1 is 0.700 bits per heavy atom. The summed E-state index contributed by atoms with van der Waals surface area (Å²) in [5, 5.41) is 9.09. The van der Waals surface area contributed by atoms with E-state index in [1.807, 2.05) is 48.5 Å². The lowest BCUT2D eigenvalue weighted by atomic mass is 10.1. The summed E-state index contributed by atoms with van der Waals surface area (Å²) < 4.78 is 10.7. The first-order valence-electron chi connectivity index (χ1n) is 9.23. The molecule has 0 aromatic heterocycles. The van der Waals surface area contributed by atoms with E-state index in [2.05, 4.69) is 29.6 Å². The molecule has 3 aromatic rings. The molecule has 146 valence electrons. The summed E-state index contributed by atoms with van der Waals surface area (Å²) in [6, 6.07) is 18.7. The summed E-state index contributed by atoms with van der Waals surface area (Å²) in [5.74, 6) is 16.3. The molecule has 0 saturated carbocycles. The van der Waals surface area contributed by atoms with Crippen LogP contribution < -0.4 is 9.47 Å². The molecule has 0 spiro atoms. The van der Waals surface area contributed by atoms with E-state index in [0.717, 1.165) is 22.3 Å². The lowest BCUT2D eigenvalue weighted by molar-refractivity contribution is 0.282. The minimum Gasteiger partial charge on any atom is -0.495 e. The van der Waals surface area contributed by atoms with Gasteiger partial charge in [0.15, 0.2) is 0 Å². The average molecular weight is 392 g/mol. The van der Waals surface area contributed by atoms with Crippen LogP contribution in [0.1, 0.15) is 33.4 Å². The molecular weight excluding hydrogens is 372 g/mol.